The number of hydrogen-bond donors (Lipinski definition) is 1. The Morgan fingerprint density at radius 2 is 2.00 bits per heavy atom. The van der Waals surface area contributed by atoms with Gasteiger partial charge < -0.3 is 10.5 Å². The fraction of sp³-hybridized carbons (Fsp3) is 0.154. The van der Waals surface area contributed by atoms with Crippen molar-refractivity contribution in [2.45, 2.75) is 6.04 Å². The normalized spacial score (nSPS) is 12.1. The summed E-state index contributed by atoms with van der Waals surface area (Å²) in [5.41, 5.74) is 6.97. The Balaban J connectivity index is 1.92. The molecule has 3 nitrogen and oxygen atoms in total. The molecule has 1 aromatic carbocycles. The van der Waals surface area contributed by atoms with Gasteiger partial charge in [-0.05, 0) is 35.9 Å². The zero-order valence-electron chi connectivity index (χ0n) is 9.21. The summed E-state index contributed by atoms with van der Waals surface area (Å²) in [5.74, 6) is 0.813. The Morgan fingerprint density at radius 1 is 1.24 bits per heavy atom. The molecule has 17 heavy (non-hydrogen) atoms. The lowest BCUT2D eigenvalue weighted by molar-refractivity contribution is 0.290. The van der Waals surface area contributed by atoms with Gasteiger partial charge in [-0.25, -0.2) is 0 Å². The van der Waals surface area contributed by atoms with Gasteiger partial charge in [0.25, 0.3) is 0 Å². The molecule has 1 heterocycles. The van der Waals surface area contributed by atoms with Crippen molar-refractivity contribution in [3.63, 3.8) is 0 Å². The Hall–Kier alpha value is -1.39. The van der Waals surface area contributed by atoms with Crippen molar-refractivity contribution in [2.75, 3.05) is 6.61 Å². The molecule has 1 aromatic heterocycles. The number of pyridine rings is 1. The van der Waals surface area contributed by atoms with Crippen LogP contribution in [0.5, 0.6) is 5.75 Å². The molecule has 1 atom stereocenters. The van der Waals surface area contributed by atoms with Crippen LogP contribution < -0.4 is 10.5 Å². The molecular formula is C13H13BrN2O. The SMILES string of the molecule is NC(COc1ccc(Br)cc1)c1cccnc1. The first-order valence-electron chi connectivity index (χ1n) is 5.29. The van der Waals surface area contributed by atoms with Crippen molar-refractivity contribution in [2.24, 2.45) is 5.73 Å². The average Bonchev–Trinajstić information content (AvgIpc) is 2.39. The molecule has 0 radical (unpaired) electrons. The fourth-order valence-corrected chi connectivity index (χ4v) is 1.67. The predicted molar refractivity (Wildman–Crippen MR) is 70.8 cm³/mol. The van der Waals surface area contributed by atoms with E-state index in [-0.39, 0.29) is 6.04 Å². The zero-order valence-corrected chi connectivity index (χ0v) is 10.8. The van der Waals surface area contributed by atoms with Gasteiger partial charge in [0.15, 0.2) is 0 Å². The Kier molecular flexibility index (Phi) is 4.12. The molecule has 4 heteroatoms. The predicted octanol–water partition coefficient (Wildman–Crippen LogP) is 2.92. The van der Waals surface area contributed by atoms with Gasteiger partial charge >= 0.3 is 0 Å². The number of aromatic nitrogens is 1. The van der Waals surface area contributed by atoms with Crippen LogP contribution in [-0.2, 0) is 0 Å². The standard InChI is InChI=1S/C13H13BrN2O/c14-11-3-5-12(6-4-11)17-9-13(15)10-2-1-7-16-8-10/h1-8,13H,9,15H2. The summed E-state index contributed by atoms with van der Waals surface area (Å²) in [5, 5.41) is 0. The van der Waals surface area contributed by atoms with Crippen molar-refractivity contribution in [1.82, 2.24) is 4.98 Å². The number of hydrogen-bond acceptors (Lipinski definition) is 3. The third kappa shape index (κ3) is 3.54. The lowest BCUT2D eigenvalue weighted by Crippen LogP contribution is -2.19. The van der Waals surface area contributed by atoms with E-state index in [0.29, 0.717) is 6.61 Å². The minimum Gasteiger partial charge on any atom is -0.492 e. The van der Waals surface area contributed by atoms with Crippen LogP contribution in [0.15, 0.2) is 53.3 Å². The van der Waals surface area contributed by atoms with Crippen LogP contribution in [-0.4, -0.2) is 11.6 Å². The summed E-state index contributed by atoms with van der Waals surface area (Å²) >= 11 is 3.37. The highest BCUT2D eigenvalue weighted by molar-refractivity contribution is 9.10. The van der Waals surface area contributed by atoms with Gasteiger partial charge in [0.2, 0.25) is 0 Å². The Morgan fingerprint density at radius 3 is 2.65 bits per heavy atom. The summed E-state index contributed by atoms with van der Waals surface area (Å²) in [7, 11) is 0. The molecule has 0 saturated heterocycles. The zero-order chi connectivity index (χ0) is 12.1. The molecular weight excluding hydrogens is 280 g/mol. The van der Waals surface area contributed by atoms with Crippen LogP contribution in [0.3, 0.4) is 0 Å². The third-order valence-corrected chi connectivity index (χ3v) is 2.88. The van der Waals surface area contributed by atoms with E-state index in [0.717, 1.165) is 15.8 Å². The van der Waals surface area contributed by atoms with Crippen molar-refractivity contribution in [1.29, 1.82) is 0 Å². The maximum absolute atomic E-state index is 6.00. The molecule has 0 spiro atoms. The van der Waals surface area contributed by atoms with Gasteiger partial charge in [-0.3, -0.25) is 4.98 Å². The second-order valence-corrected chi connectivity index (χ2v) is 4.57. The third-order valence-electron chi connectivity index (χ3n) is 2.36. The van der Waals surface area contributed by atoms with Crippen molar-refractivity contribution in [3.8, 4) is 5.75 Å². The van der Waals surface area contributed by atoms with Crippen LogP contribution in [0, 0.1) is 0 Å². The second kappa shape index (κ2) is 5.80. The lowest BCUT2D eigenvalue weighted by Gasteiger charge is -2.13. The van der Waals surface area contributed by atoms with Gasteiger partial charge in [0.05, 0.1) is 6.04 Å². The molecule has 0 bridgehead atoms. The molecule has 0 fully saturated rings. The smallest absolute Gasteiger partial charge is 0.119 e. The molecule has 0 aliphatic rings. The van der Waals surface area contributed by atoms with Crippen LogP contribution in [0.25, 0.3) is 0 Å². The molecule has 2 rings (SSSR count). The van der Waals surface area contributed by atoms with Crippen molar-refractivity contribution in [3.05, 3.63) is 58.8 Å². The molecule has 2 aromatic rings. The van der Waals surface area contributed by atoms with E-state index < -0.39 is 0 Å². The van der Waals surface area contributed by atoms with Crippen molar-refractivity contribution >= 4 is 15.9 Å². The van der Waals surface area contributed by atoms with E-state index in [4.69, 9.17) is 10.5 Å². The largest absolute Gasteiger partial charge is 0.492 e. The Labute approximate surface area is 109 Å². The molecule has 0 amide bonds. The van der Waals surface area contributed by atoms with Gasteiger partial charge in [-0.1, -0.05) is 22.0 Å². The quantitative estimate of drug-likeness (QED) is 0.943. The monoisotopic (exact) mass is 292 g/mol. The minimum atomic E-state index is -0.160. The Bertz CT molecular complexity index is 459. The summed E-state index contributed by atoms with van der Waals surface area (Å²) in [4.78, 5) is 4.03. The lowest BCUT2D eigenvalue weighted by atomic mass is 10.1. The highest BCUT2D eigenvalue weighted by atomic mass is 79.9. The molecule has 0 saturated carbocycles. The van der Waals surface area contributed by atoms with Crippen LogP contribution in [0.4, 0.5) is 0 Å². The summed E-state index contributed by atoms with van der Waals surface area (Å²) < 4.78 is 6.63. The summed E-state index contributed by atoms with van der Waals surface area (Å²) in [6.07, 6.45) is 3.49. The molecule has 0 aliphatic carbocycles. The number of ether oxygens (including phenoxy) is 1. The van der Waals surface area contributed by atoms with E-state index >= 15 is 0 Å². The maximum Gasteiger partial charge on any atom is 0.119 e. The van der Waals surface area contributed by atoms with Crippen molar-refractivity contribution < 1.29 is 4.74 Å². The summed E-state index contributed by atoms with van der Waals surface area (Å²) in [6, 6.07) is 11.3. The van der Waals surface area contributed by atoms with Gasteiger partial charge in [0.1, 0.15) is 12.4 Å². The minimum absolute atomic E-state index is 0.160. The van der Waals surface area contributed by atoms with Crippen LogP contribution >= 0.6 is 15.9 Å². The number of nitrogens with two attached hydrogens (primary N) is 1. The van der Waals surface area contributed by atoms with E-state index in [9.17, 15) is 0 Å². The fourth-order valence-electron chi connectivity index (χ4n) is 1.41. The first-order valence-corrected chi connectivity index (χ1v) is 6.09. The topological polar surface area (TPSA) is 48.1 Å². The molecule has 2 N–H and O–H groups in total. The highest BCUT2D eigenvalue weighted by Gasteiger charge is 2.06. The highest BCUT2D eigenvalue weighted by Crippen LogP contribution is 2.17. The number of benzene rings is 1. The first kappa shape index (κ1) is 12.1. The summed E-state index contributed by atoms with van der Waals surface area (Å²) in [6.45, 7) is 0.438. The second-order valence-electron chi connectivity index (χ2n) is 3.66. The van der Waals surface area contributed by atoms with E-state index in [1.807, 2.05) is 36.4 Å². The first-order chi connectivity index (χ1) is 8.25. The van der Waals surface area contributed by atoms with E-state index in [2.05, 4.69) is 20.9 Å². The molecule has 88 valence electrons. The number of nitrogens with zero attached hydrogens (tertiary/aromatic N) is 1. The van der Waals surface area contributed by atoms with Gasteiger partial charge in [-0.15, -0.1) is 0 Å². The van der Waals surface area contributed by atoms with Gasteiger partial charge in [0, 0.05) is 16.9 Å². The number of rotatable bonds is 4. The molecule has 1 unspecified atom stereocenters. The average molecular weight is 293 g/mol. The van der Waals surface area contributed by atoms with E-state index in [1.165, 1.54) is 0 Å². The maximum atomic E-state index is 6.00. The van der Waals surface area contributed by atoms with Gasteiger partial charge in [-0.2, -0.15) is 0 Å². The molecule has 0 aliphatic heterocycles. The van der Waals surface area contributed by atoms with Crippen LogP contribution in [0.1, 0.15) is 11.6 Å². The number of halogens is 1. The van der Waals surface area contributed by atoms with Crippen LogP contribution in [0.2, 0.25) is 0 Å². The van der Waals surface area contributed by atoms with E-state index in [1.54, 1.807) is 12.4 Å².